The number of unbranched alkanes of at least 4 members (excludes halogenated alkanes) is 2. The van der Waals surface area contributed by atoms with E-state index in [0.29, 0.717) is 53.4 Å². The zero-order valence-corrected chi connectivity index (χ0v) is 36.6. The van der Waals surface area contributed by atoms with Crippen LogP contribution in [0.3, 0.4) is 0 Å². The van der Waals surface area contributed by atoms with Crippen molar-refractivity contribution in [3.05, 3.63) is 71.8 Å². The molecule has 0 saturated heterocycles. The van der Waals surface area contributed by atoms with Crippen molar-refractivity contribution in [3.8, 4) is 23.0 Å². The number of methoxy groups -OCH3 is 1. The molecule has 336 valence electrons. The summed E-state index contributed by atoms with van der Waals surface area (Å²) < 4.78 is 37.5. The van der Waals surface area contributed by atoms with Gasteiger partial charge < -0.3 is 48.6 Å². The van der Waals surface area contributed by atoms with Crippen LogP contribution in [0.2, 0.25) is 0 Å². The molecule has 0 unspecified atom stereocenters. The number of alkyl halides is 1. The number of nitrogens with zero attached hydrogens (tertiary/aromatic N) is 2. The Morgan fingerprint density at radius 1 is 1.02 bits per heavy atom. The summed E-state index contributed by atoms with van der Waals surface area (Å²) in [4.78, 5) is 33.9. The molecule has 0 bridgehead atoms. The number of aliphatic hydroxyl groups excluding tert-OH is 3. The third-order valence-electron chi connectivity index (χ3n) is 11.3. The lowest BCUT2D eigenvalue weighted by Crippen LogP contribution is -2.70. The molecule has 61 heavy (non-hydrogen) atoms. The first-order valence-electron chi connectivity index (χ1n) is 21.2. The van der Waals surface area contributed by atoms with Crippen LogP contribution in [0.25, 0.3) is 0 Å². The fraction of sp³-hybridized carbons (Fsp3) is 0.587. The highest BCUT2D eigenvalue weighted by molar-refractivity contribution is 6.18. The second kappa shape index (κ2) is 22.8. The SMILES string of the molecule is C=CCO[C@@]12Oc3ccc(Oc4ccc(OC)c(C=O)c4)cc3[C@H]3[C@H](CCCCO)[C@@H](CCCCO)C=C(C(=NOC(C)(C)C)C[C@@H]1N(CCOCCO)C(=O)OCCCl)[C@H]32. The molecular weight excluding hydrogens is 808 g/mol. The Hall–Kier alpha value is -4.18. The number of rotatable bonds is 24. The molecule has 0 spiro atoms. The summed E-state index contributed by atoms with van der Waals surface area (Å²) in [6.07, 6.45) is 8.43. The van der Waals surface area contributed by atoms with Gasteiger partial charge in [-0.3, -0.25) is 9.69 Å². The van der Waals surface area contributed by atoms with Crippen LogP contribution in [0.4, 0.5) is 4.79 Å². The number of aliphatic hydroxyl groups is 3. The van der Waals surface area contributed by atoms with Crippen LogP contribution in [0, 0.1) is 17.8 Å². The van der Waals surface area contributed by atoms with Crippen LogP contribution in [-0.2, 0) is 19.0 Å². The molecule has 1 fully saturated rings. The predicted molar refractivity (Wildman–Crippen MR) is 231 cm³/mol. The van der Waals surface area contributed by atoms with Gasteiger partial charge in [-0.1, -0.05) is 30.1 Å². The van der Waals surface area contributed by atoms with Gasteiger partial charge in [0.25, 0.3) is 0 Å². The monoisotopic (exact) mass is 870 g/mol. The number of amides is 1. The number of oxime groups is 1. The highest BCUT2D eigenvalue weighted by atomic mass is 35.5. The number of halogens is 1. The number of aldehydes is 1. The van der Waals surface area contributed by atoms with Crippen molar-refractivity contribution < 1.29 is 58.2 Å². The molecule has 1 amide bonds. The lowest BCUT2D eigenvalue weighted by molar-refractivity contribution is -0.256. The molecule has 15 heteroatoms. The van der Waals surface area contributed by atoms with E-state index in [1.165, 1.54) is 7.11 Å². The van der Waals surface area contributed by atoms with Crippen molar-refractivity contribution in [2.45, 2.75) is 89.1 Å². The van der Waals surface area contributed by atoms with Gasteiger partial charge in [-0.25, -0.2) is 4.79 Å². The van der Waals surface area contributed by atoms with Crippen LogP contribution in [-0.4, -0.2) is 122 Å². The third-order valence-corrected chi connectivity index (χ3v) is 11.4. The largest absolute Gasteiger partial charge is 0.496 e. The van der Waals surface area contributed by atoms with Gasteiger partial charge in [0.05, 0.1) is 56.6 Å². The summed E-state index contributed by atoms with van der Waals surface area (Å²) in [5.74, 6) is -0.440. The molecule has 2 aliphatic carbocycles. The molecule has 2 aromatic rings. The zero-order valence-electron chi connectivity index (χ0n) is 35.9. The Balaban J connectivity index is 1.79. The number of hydrogen-bond acceptors (Lipinski definition) is 13. The number of carbonyl (C=O) groups excluding carboxylic acids is 2. The van der Waals surface area contributed by atoms with E-state index in [1.807, 2.05) is 32.9 Å². The number of benzene rings is 2. The van der Waals surface area contributed by atoms with Gasteiger partial charge in [0.1, 0.15) is 41.2 Å². The molecule has 1 aliphatic heterocycles. The lowest BCUT2D eigenvalue weighted by atomic mass is 9.55. The molecule has 1 saturated carbocycles. The molecule has 0 aromatic heterocycles. The summed E-state index contributed by atoms with van der Waals surface area (Å²) in [6.45, 7) is 9.92. The van der Waals surface area contributed by atoms with Crippen LogP contribution in [0.5, 0.6) is 23.0 Å². The zero-order chi connectivity index (χ0) is 44.0. The smallest absolute Gasteiger partial charge is 0.410 e. The molecule has 2 aromatic carbocycles. The van der Waals surface area contributed by atoms with Crippen molar-refractivity contribution in [2.24, 2.45) is 22.9 Å². The van der Waals surface area contributed by atoms with Crippen molar-refractivity contribution >= 4 is 29.7 Å². The fourth-order valence-corrected chi connectivity index (χ4v) is 8.90. The van der Waals surface area contributed by atoms with Crippen LogP contribution in [0.1, 0.15) is 87.6 Å². The second-order valence-electron chi connectivity index (χ2n) is 16.4. The lowest BCUT2D eigenvalue weighted by Gasteiger charge is -2.59. The van der Waals surface area contributed by atoms with E-state index in [1.54, 1.807) is 35.2 Å². The number of hydrogen-bond donors (Lipinski definition) is 3. The molecule has 3 N–H and O–H groups in total. The maximum atomic E-state index is 14.2. The van der Waals surface area contributed by atoms with Gasteiger partial charge >= 0.3 is 6.09 Å². The van der Waals surface area contributed by atoms with E-state index >= 15 is 0 Å². The normalized spacial score (nSPS) is 23.5. The Bertz CT molecular complexity index is 1830. The topological polar surface area (TPSA) is 175 Å². The van der Waals surface area contributed by atoms with Gasteiger partial charge in [-0.15, -0.1) is 18.2 Å². The predicted octanol–water partition coefficient (Wildman–Crippen LogP) is 7.42. The Morgan fingerprint density at radius 3 is 2.43 bits per heavy atom. The summed E-state index contributed by atoms with van der Waals surface area (Å²) in [5.41, 5.74) is 2.04. The Labute approximate surface area is 364 Å². The van der Waals surface area contributed by atoms with Crippen LogP contribution >= 0.6 is 11.6 Å². The maximum Gasteiger partial charge on any atom is 0.410 e. The summed E-state index contributed by atoms with van der Waals surface area (Å²) >= 11 is 6.02. The summed E-state index contributed by atoms with van der Waals surface area (Å²) in [5, 5.41) is 34.2. The molecule has 6 atom stereocenters. The average molecular weight is 871 g/mol. The fourth-order valence-electron chi connectivity index (χ4n) is 8.82. The quantitative estimate of drug-likeness (QED) is 0.0314. The van der Waals surface area contributed by atoms with Crippen molar-refractivity contribution in [2.75, 3.05) is 65.8 Å². The first-order valence-corrected chi connectivity index (χ1v) is 21.8. The van der Waals surface area contributed by atoms with Gasteiger partial charge in [0, 0.05) is 37.7 Å². The summed E-state index contributed by atoms with van der Waals surface area (Å²) in [6, 6.07) is 9.79. The van der Waals surface area contributed by atoms with Crippen molar-refractivity contribution in [1.82, 2.24) is 4.90 Å². The third kappa shape index (κ3) is 11.6. The number of ether oxygens (including phenoxy) is 6. The molecule has 0 radical (unpaired) electrons. The number of fused-ring (bicyclic) bond motifs is 2. The van der Waals surface area contributed by atoms with Crippen LogP contribution < -0.4 is 14.2 Å². The molecule has 14 nitrogen and oxygen atoms in total. The second-order valence-corrected chi connectivity index (χ2v) is 16.8. The van der Waals surface area contributed by atoms with E-state index < -0.39 is 29.4 Å². The van der Waals surface area contributed by atoms with Crippen molar-refractivity contribution in [1.29, 1.82) is 0 Å². The van der Waals surface area contributed by atoms with E-state index in [0.717, 1.165) is 36.8 Å². The highest BCUT2D eigenvalue weighted by Crippen LogP contribution is 2.62. The van der Waals surface area contributed by atoms with E-state index in [2.05, 4.69) is 12.7 Å². The van der Waals surface area contributed by atoms with Gasteiger partial charge in [-0.2, -0.15) is 0 Å². The van der Waals surface area contributed by atoms with Gasteiger partial charge in [0.15, 0.2) is 6.29 Å². The van der Waals surface area contributed by atoms with E-state index in [4.69, 9.17) is 50.0 Å². The first-order chi connectivity index (χ1) is 29.5. The number of allylic oxidation sites excluding steroid dienone is 1. The number of carbonyl (C=O) groups is 2. The average Bonchev–Trinajstić information content (AvgIpc) is 3.25. The molecule has 3 aliphatic rings. The van der Waals surface area contributed by atoms with Crippen LogP contribution in [0.15, 0.2) is 65.9 Å². The standard InChI is InChI=1S/C46H63ClN2O12/c1-6-22-58-46-41(49(18-24-56-25-21-52)44(54)57-23-17-47)29-38(48-61-45(2,3)4)36-27-31(11-7-9-19-50)35(12-8-10-20-51)42(43(36)46)37-28-34(14-16-40(37)60-46)59-33-13-15-39(55-5)32(26-33)30-53/h6,13-16,26-28,30-31,35,41-43,50-52H,1,7-12,17-25,29H2,2-5H3/t31-,35+,41-,42+,43+,46+/m0/s1. The van der Waals surface area contributed by atoms with Gasteiger partial charge in [-0.05, 0) is 100 Å². The molecule has 5 rings (SSSR count). The molecular formula is C46H63ClN2O12. The van der Waals surface area contributed by atoms with Gasteiger partial charge in [0.2, 0.25) is 5.79 Å². The Kier molecular flexibility index (Phi) is 17.9. The maximum absolute atomic E-state index is 14.2. The Morgan fingerprint density at radius 2 is 1.75 bits per heavy atom. The minimum absolute atomic E-state index is 0.0129. The minimum atomic E-state index is -1.53. The van der Waals surface area contributed by atoms with Crippen molar-refractivity contribution in [3.63, 3.8) is 0 Å². The van der Waals surface area contributed by atoms with E-state index in [9.17, 15) is 24.9 Å². The molecule has 1 heterocycles. The summed E-state index contributed by atoms with van der Waals surface area (Å²) in [7, 11) is 1.50. The minimum Gasteiger partial charge on any atom is -0.496 e. The first kappa shape index (κ1) is 47.9. The highest BCUT2D eigenvalue weighted by Gasteiger charge is 2.65. The van der Waals surface area contributed by atoms with E-state index in [-0.39, 0.29) is 82.8 Å².